The maximum atomic E-state index is 11.6. The van der Waals surface area contributed by atoms with Gasteiger partial charge in [0.05, 0.1) is 13.2 Å². The zero-order valence-electron chi connectivity index (χ0n) is 8.62. The second-order valence-corrected chi connectivity index (χ2v) is 4.39. The smallest absolute Gasteiger partial charge is 0.173 e. The highest BCUT2D eigenvalue weighted by Crippen LogP contribution is 2.00. The van der Waals surface area contributed by atoms with Crippen LogP contribution in [0.2, 0.25) is 0 Å². The van der Waals surface area contributed by atoms with E-state index in [1.807, 2.05) is 4.31 Å². The lowest BCUT2D eigenvalue weighted by molar-refractivity contribution is 0.0757. The number of rotatable bonds is 3. The van der Waals surface area contributed by atoms with Crippen molar-refractivity contribution >= 4 is 11.0 Å². The largest absolute Gasteiger partial charge is 0.379 e. The predicted molar refractivity (Wildman–Crippen MR) is 57.8 cm³/mol. The molecule has 0 saturated carbocycles. The second kappa shape index (κ2) is 6.99. The van der Waals surface area contributed by atoms with Gasteiger partial charge in [-0.3, -0.25) is 0 Å². The zero-order valence-corrected chi connectivity index (χ0v) is 9.44. The lowest BCUT2D eigenvalue weighted by atomic mass is 10.3. The highest BCUT2D eigenvalue weighted by atomic mass is 32.2. The summed E-state index contributed by atoms with van der Waals surface area (Å²) < 4.78 is 18.6. The summed E-state index contributed by atoms with van der Waals surface area (Å²) in [5.74, 6) is 2.95. The van der Waals surface area contributed by atoms with Crippen LogP contribution in [0.3, 0.4) is 0 Å². The van der Waals surface area contributed by atoms with Crippen molar-refractivity contribution in [3.8, 4) is 11.2 Å². The molecule has 4 heteroatoms. The lowest BCUT2D eigenvalue weighted by Crippen LogP contribution is -2.36. The summed E-state index contributed by atoms with van der Waals surface area (Å²) in [5.41, 5.74) is 0. The Morgan fingerprint density at radius 1 is 1.43 bits per heavy atom. The van der Waals surface area contributed by atoms with Crippen molar-refractivity contribution in [2.75, 3.05) is 26.3 Å². The van der Waals surface area contributed by atoms with Crippen LogP contribution in [0.4, 0.5) is 0 Å². The van der Waals surface area contributed by atoms with Crippen molar-refractivity contribution in [1.29, 1.82) is 0 Å². The van der Waals surface area contributed by atoms with Crippen LogP contribution in [0.15, 0.2) is 0 Å². The number of morpholine rings is 1. The molecular formula is C10H17NO2S. The molecular weight excluding hydrogens is 198 g/mol. The fourth-order valence-corrected chi connectivity index (χ4v) is 1.99. The third kappa shape index (κ3) is 4.23. The summed E-state index contributed by atoms with van der Waals surface area (Å²) in [6, 6.07) is 0. The van der Waals surface area contributed by atoms with Gasteiger partial charge in [0, 0.05) is 24.8 Å². The van der Waals surface area contributed by atoms with Gasteiger partial charge in [0.1, 0.15) is 0 Å². The molecule has 0 aromatic carbocycles. The number of unbranched alkanes of at least 4 members (excludes halogenated alkanes) is 2. The molecule has 0 N–H and O–H groups in total. The van der Waals surface area contributed by atoms with Crippen molar-refractivity contribution in [3.05, 3.63) is 0 Å². The van der Waals surface area contributed by atoms with E-state index in [1.54, 1.807) is 0 Å². The lowest BCUT2D eigenvalue weighted by Gasteiger charge is -2.22. The van der Waals surface area contributed by atoms with Crippen LogP contribution in [0.1, 0.15) is 26.2 Å². The van der Waals surface area contributed by atoms with Crippen LogP contribution < -0.4 is 0 Å². The minimum absolute atomic E-state index is 0.669. The molecule has 0 radical (unpaired) electrons. The molecule has 0 aromatic heterocycles. The molecule has 1 rings (SSSR count). The normalized spacial score (nSPS) is 19.8. The molecule has 0 aromatic rings. The Balaban J connectivity index is 2.27. The van der Waals surface area contributed by atoms with E-state index in [2.05, 4.69) is 18.1 Å². The molecule has 0 aliphatic carbocycles. The summed E-state index contributed by atoms with van der Waals surface area (Å²) in [7, 11) is -1.12. The molecule has 0 amide bonds. The van der Waals surface area contributed by atoms with Gasteiger partial charge in [0.15, 0.2) is 11.0 Å². The molecule has 1 unspecified atom stereocenters. The highest BCUT2D eigenvalue weighted by Gasteiger charge is 2.14. The predicted octanol–water partition coefficient (Wildman–Crippen LogP) is 1.13. The van der Waals surface area contributed by atoms with Gasteiger partial charge in [-0.25, -0.2) is 8.51 Å². The van der Waals surface area contributed by atoms with Crippen LogP contribution in [0, 0.1) is 11.2 Å². The first kappa shape index (κ1) is 11.7. The average Bonchev–Trinajstić information content (AvgIpc) is 2.25. The van der Waals surface area contributed by atoms with E-state index in [0.29, 0.717) is 13.2 Å². The molecule has 1 saturated heterocycles. The minimum atomic E-state index is -1.12. The fourth-order valence-electron chi connectivity index (χ4n) is 1.15. The monoisotopic (exact) mass is 215 g/mol. The summed E-state index contributed by atoms with van der Waals surface area (Å²) >= 11 is 0. The standard InChI is InChI=1S/C10H17NO2S/c1-2-3-4-5-10-14(12)11-6-8-13-9-7-11/h2-4,6-9H2,1H3. The van der Waals surface area contributed by atoms with Crippen LogP contribution in [0.25, 0.3) is 0 Å². The van der Waals surface area contributed by atoms with Gasteiger partial charge in [0.25, 0.3) is 0 Å². The molecule has 1 aliphatic heterocycles. The van der Waals surface area contributed by atoms with E-state index in [4.69, 9.17) is 4.74 Å². The summed E-state index contributed by atoms with van der Waals surface area (Å²) in [6.45, 7) is 4.93. The Bertz CT molecular complexity index is 238. The van der Waals surface area contributed by atoms with Crippen molar-refractivity contribution in [3.63, 3.8) is 0 Å². The van der Waals surface area contributed by atoms with E-state index in [0.717, 1.165) is 32.4 Å². The quantitative estimate of drug-likeness (QED) is 0.522. The van der Waals surface area contributed by atoms with E-state index in [9.17, 15) is 4.21 Å². The zero-order chi connectivity index (χ0) is 10.2. The van der Waals surface area contributed by atoms with Gasteiger partial charge in [-0.1, -0.05) is 19.3 Å². The minimum Gasteiger partial charge on any atom is -0.379 e. The highest BCUT2D eigenvalue weighted by molar-refractivity contribution is 7.87. The molecule has 1 atom stereocenters. The van der Waals surface area contributed by atoms with E-state index in [-0.39, 0.29) is 0 Å². The van der Waals surface area contributed by atoms with Crippen LogP contribution in [-0.2, 0) is 15.7 Å². The summed E-state index contributed by atoms with van der Waals surface area (Å²) in [4.78, 5) is 0. The molecule has 0 spiro atoms. The topological polar surface area (TPSA) is 29.5 Å². The number of hydrogen-bond donors (Lipinski definition) is 0. The van der Waals surface area contributed by atoms with E-state index < -0.39 is 11.0 Å². The molecule has 1 aliphatic rings. The molecule has 1 fully saturated rings. The van der Waals surface area contributed by atoms with Crippen LogP contribution >= 0.6 is 0 Å². The van der Waals surface area contributed by atoms with E-state index >= 15 is 0 Å². The molecule has 80 valence electrons. The third-order valence-corrected chi connectivity index (χ3v) is 3.17. The Morgan fingerprint density at radius 3 is 2.79 bits per heavy atom. The first-order chi connectivity index (χ1) is 6.84. The molecule has 14 heavy (non-hydrogen) atoms. The van der Waals surface area contributed by atoms with Gasteiger partial charge >= 0.3 is 0 Å². The van der Waals surface area contributed by atoms with Gasteiger partial charge in [0.2, 0.25) is 0 Å². The summed E-state index contributed by atoms with van der Waals surface area (Å²) in [5, 5.41) is 2.78. The Hall–Kier alpha value is -0.370. The summed E-state index contributed by atoms with van der Waals surface area (Å²) in [6.07, 6.45) is 3.08. The SMILES string of the molecule is CCCCC#CS(=O)N1CCOCC1. The first-order valence-electron chi connectivity index (χ1n) is 5.07. The molecule has 3 nitrogen and oxygen atoms in total. The maximum Gasteiger partial charge on any atom is 0.173 e. The van der Waals surface area contributed by atoms with Gasteiger partial charge in [-0.15, -0.1) is 0 Å². The Morgan fingerprint density at radius 2 is 2.14 bits per heavy atom. The Labute approximate surface area is 88.4 Å². The van der Waals surface area contributed by atoms with Crippen LogP contribution in [-0.4, -0.2) is 34.8 Å². The molecule has 1 heterocycles. The van der Waals surface area contributed by atoms with Crippen molar-refractivity contribution in [2.24, 2.45) is 0 Å². The van der Waals surface area contributed by atoms with Gasteiger partial charge in [-0.2, -0.15) is 0 Å². The first-order valence-corrected chi connectivity index (χ1v) is 6.18. The maximum absolute atomic E-state index is 11.6. The Kier molecular flexibility index (Phi) is 5.85. The van der Waals surface area contributed by atoms with Crippen LogP contribution in [0.5, 0.6) is 0 Å². The van der Waals surface area contributed by atoms with Crippen molar-refractivity contribution in [1.82, 2.24) is 4.31 Å². The van der Waals surface area contributed by atoms with E-state index in [1.165, 1.54) is 0 Å². The number of nitrogens with zero attached hydrogens (tertiary/aromatic N) is 1. The second-order valence-electron chi connectivity index (χ2n) is 3.17. The fraction of sp³-hybridized carbons (Fsp3) is 0.800. The van der Waals surface area contributed by atoms with Crippen molar-refractivity contribution in [2.45, 2.75) is 26.2 Å². The third-order valence-electron chi connectivity index (χ3n) is 2.02. The van der Waals surface area contributed by atoms with Gasteiger partial charge in [-0.05, 0) is 6.42 Å². The number of hydrogen-bond acceptors (Lipinski definition) is 2. The van der Waals surface area contributed by atoms with Crippen molar-refractivity contribution < 1.29 is 8.95 Å². The van der Waals surface area contributed by atoms with Gasteiger partial charge < -0.3 is 4.74 Å². The average molecular weight is 215 g/mol. The number of ether oxygens (including phenoxy) is 1. The molecule has 0 bridgehead atoms.